The number of nitrogens with zero attached hydrogens (tertiary/aromatic N) is 1. The van der Waals surface area contributed by atoms with E-state index in [-0.39, 0.29) is 5.54 Å². The summed E-state index contributed by atoms with van der Waals surface area (Å²) in [6.45, 7) is 1.00. The number of sulfone groups is 1. The van der Waals surface area contributed by atoms with E-state index < -0.39 is 9.84 Å². The van der Waals surface area contributed by atoms with Crippen molar-refractivity contribution in [2.75, 3.05) is 32.1 Å². The third-order valence-corrected chi connectivity index (χ3v) is 6.72. The molecule has 1 heterocycles. The van der Waals surface area contributed by atoms with Crippen LogP contribution in [-0.2, 0) is 9.84 Å². The molecule has 0 radical (unpaired) electrons. The molecule has 19 heavy (non-hydrogen) atoms. The maximum atomic E-state index is 11.4. The molecule has 0 aromatic rings. The van der Waals surface area contributed by atoms with E-state index in [1.54, 1.807) is 0 Å². The van der Waals surface area contributed by atoms with E-state index >= 15 is 0 Å². The number of likely N-dealkylation sites (N-methyl/N-ethyl adjacent to an activating group) is 1. The quantitative estimate of drug-likeness (QED) is 0.850. The molecule has 1 N–H and O–H groups in total. The van der Waals surface area contributed by atoms with E-state index in [2.05, 4.69) is 24.3 Å². The van der Waals surface area contributed by atoms with Crippen LogP contribution in [0, 0.1) is 0 Å². The standard InChI is InChI=1S/C14H28N2O2S/c1-16(2)14(8-4-3-5-9-14)12-15-13-6-10-19(17,18)11-7-13/h13,15H,3-12H2,1-2H3. The van der Waals surface area contributed by atoms with Crippen molar-refractivity contribution in [3.8, 4) is 0 Å². The Morgan fingerprint density at radius 3 is 2.21 bits per heavy atom. The molecule has 0 bridgehead atoms. The van der Waals surface area contributed by atoms with Gasteiger partial charge in [0.15, 0.2) is 0 Å². The molecule has 0 amide bonds. The topological polar surface area (TPSA) is 49.4 Å². The van der Waals surface area contributed by atoms with Crippen LogP contribution in [0.1, 0.15) is 44.9 Å². The van der Waals surface area contributed by atoms with E-state index in [9.17, 15) is 8.42 Å². The van der Waals surface area contributed by atoms with Crippen LogP contribution >= 0.6 is 0 Å². The van der Waals surface area contributed by atoms with Gasteiger partial charge in [0.05, 0.1) is 11.5 Å². The molecular formula is C14H28N2O2S. The van der Waals surface area contributed by atoms with Crippen LogP contribution in [-0.4, -0.2) is 57.0 Å². The zero-order valence-electron chi connectivity index (χ0n) is 12.3. The summed E-state index contributed by atoms with van der Waals surface area (Å²) in [4.78, 5) is 2.37. The number of rotatable bonds is 4. The van der Waals surface area contributed by atoms with Crippen LogP contribution in [0.2, 0.25) is 0 Å². The fourth-order valence-corrected chi connectivity index (χ4v) is 4.91. The van der Waals surface area contributed by atoms with Gasteiger partial charge in [0.1, 0.15) is 9.84 Å². The first-order valence-corrected chi connectivity index (χ1v) is 9.37. The molecule has 2 rings (SSSR count). The van der Waals surface area contributed by atoms with Gasteiger partial charge in [0, 0.05) is 18.1 Å². The molecule has 0 unspecified atom stereocenters. The Morgan fingerprint density at radius 1 is 1.11 bits per heavy atom. The van der Waals surface area contributed by atoms with Gasteiger partial charge in [0.25, 0.3) is 0 Å². The van der Waals surface area contributed by atoms with Crippen molar-refractivity contribution < 1.29 is 8.42 Å². The molecule has 0 spiro atoms. The van der Waals surface area contributed by atoms with Crippen molar-refractivity contribution in [2.24, 2.45) is 0 Å². The molecule has 0 aromatic heterocycles. The van der Waals surface area contributed by atoms with Gasteiger partial charge in [-0.1, -0.05) is 19.3 Å². The summed E-state index contributed by atoms with van der Waals surface area (Å²) in [6, 6.07) is 0.391. The van der Waals surface area contributed by atoms with Crippen LogP contribution in [0.15, 0.2) is 0 Å². The molecule has 2 aliphatic rings. The number of nitrogens with one attached hydrogen (secondary N) is 1. The Labute approximate surface area is 117 Å². The van der Waals surface area contributed by atoms with Crippen molar-refractivity contribution in [3.05, 3.63) is 0 Å². The van der Waals surface area contributed by atoms with E-state index in [4.69, 9.17) is 0 Å². The first-order valence-electron chi connectivity index (χ1n) is 7.55. The van der Waals surface area contributed by atoms with Crippen molar-refractivity contribution >= 4 is 9.84 Å². The van der Waals surface area contributed by atoms with Gasteiger partial charge in [-0.3, -0.25) is 0 Å². The largest absolute Gasteiger partial charge is 0.312 e. The lowest BCUT2D eigenvalue weighted by Crippen LogP contribution is -2.55. The molecule has 0 aromatic carbocycles. The van der Waals surface area contributed by atoms with Gasteiger partial charge in [-0.25, -0.2) is 8.42 Å². The molecule has 0 atom stereocenters. The Bertz CT molecular complexity index is 372. The minimum atomic E-state index is -2.74. The minimum absolute atomic E-state index is 0.286. The lowest BCUT2D eigenvalue weighted by Gasteiger charge is -2.44. The van der Waals surface area contributed by atoms with Crippen LogP contribution in [0.5, 0.6) is 0 Å². The first-order chi connectivity index (χ1) is 8.94. The van der Waals surface area contributed by atoms with E-state index in [0.29, 0.717) is 17.5 Å². The second-order valence-electron chi connectivity index (χ2n) is 6.49. The Morgan fingerprint density at radius 2 is 1.68 bits per heavy atom. The molecule has 1 aliphatic heterocycles. The second-order valence-corrected chi connectivity index (χ2v) is 8.79. The fraction of sp³-hybridized carbons (Fsp3) is 1.00. The Hall–Kier alpha value is -0.130. The summed E-state index contributed by atoms with van der Waals surface area (Å²) < 4.78 is 22.9. The Kier molecular flexibility index (Phi) is 4.90. The molecule has 5 heteroatoms. The lowest BCUT2D eigenvalue weighted by molar-refractivity contribution is 0.0946. The normalized spacial score (nSPS) is 27.5. The van der Waals surface area contributed by atoms with Gasteiger partial charge < -0.3 is 10.2 Å². The molecular weight excluding hydrogens is 260 g/mol. The lowest BCUT2D eigenvalue weighted by atomic mass is 9.80. The Balaban J connectivity index is 1.86. The van der Waals surface area contributed by atoms with Gasteiger partial charge >= 0.3 is 0 Å². The highest BCUT2D eigenvalue weighted by Gasteiger charge is 2.35. The molecule has 2 fully saturated rings. The van der Waals surface area contributed by atoms with Gasteiger partial charge in [-0.05, 0) is 39.8 Å². The number of hydrogen-bond donors (Lipinski definition) is 1. The molecule has 1 saturated carbocycles. The predicted octanol–water partition coefficient (Wildman–Crippen LogP) is 1.42. The van der Waals surface area contributed by atoms with E-state index in [1.165, 1.54) is 32.1 Å². The van der Waals surface area contributed by atoms with Gasteiger partial charge in [-0.2, -0.15) is 0 Å². The highest BCUT2D eigenvalue weighted by molar-refractivity contribution is 7.91. The van der Waals surface area contributed by atoms with Crippen molar-refractivity contribution in [2.45, 2.75) is 56.5 Å². The molecule has 1 saturated heterocycles. The molecule has 4 nitrogen and oxygen atoms in total. The minimum Gasteiger partial charge on any atom is -0.312 e. The zero-order chi connectivity index (χ0) is 13.9. The molecule has 112 valence electrons. The van der Waals surface area contributed by atoms with Crippen LogP contribution in [0.4, 0.5) is 0 Å². The first kappa shape index (κ1) is 15.3. The van der Waals surface area contributed by atoms with Gasteiger partial charge in [-0.15, -0.1) is 0 Å². The monoisotopic (exact) mass is 288 g/mol. The maximum absolute atomic E-state index is 11.4. The average Bonchev–Trinajstić information content (AvgIpc) is 2.38. The van der Waals surface area contributed by atoms with Crippen LogP contribution in [0.3, 0.4) is 0 Å². The number of hydrogen-bond acceptors (Lipinski definition) is 4. The highest BCUT2D eigenvalue weighted by atomic mass is 32.2. The van der Waals surface area contributed by atoms with Gasteiger partial charge in [0.2, 0.25) is 0 Å². The van der Waals surface area contributed by atoms with Crippen molar-refractivity contribution in [1.82, 2.24) is 10.2 Å². The molecule has 1 aliphatic carbocycles. The van der Waals surface area contributed by atoms with Crippen molar-refractivity contribution in [1.29, 1.82) is 0 Å². The summed E-state index contributed by atoms with van der Waals surface area (Å²) >= 11 is 0. The third-order valence-electron chi connectivity index (χ3n) is 5.01. The second kappa shape index (κ2) is 6.10. The van der Waals surface area contributed by atoms with E-state index in [1.807, 2.05) is 0 Å². The third kappa shape index (κ3) is 3.92. The van der Waals surface area contributed by atoms with Crippen LogP contribution in [0.25, 0.3) is 0 Å². The van der Waals surface area contributed by atoms with E-state index in [0.717, 1.165) is 19.4 Å². The van der Waals surface area contributed by atoms with Crippen molar-refractivity contribution in [3.63, 3.8) is 0 Å². The average molecular weight is 288 g/mol. The highest BCUT2D eigenvalue weighted by Crippen LogP contribution is 2.32. The fourth-order valence-electron chi connectivity index (χ4n) is 3.42. The summed E-state index contributed by atoms with van der Waals surface area (Å²) in [6.07, 6.45) is 8.09. The SMILES string of the molecule is CN(C)C1(CNC2CCS(=O)(=O)CC2)CCCCC1. The summed E-state index contributed by atoms with van der Waals surface area (Å²) in [5.41, 5.74) is 0.286. The zero-order valence-corrected chi connectivity index (χ0v) is 13.1. The predicted molar refractivity (Wildman–Crippen MR) is 79.2 cm³/mol. The summed E-state index contributed by atoms with van der Waals surface area (Å²) in [5.74, 6) is 0.721. The van der Waals surface area contributed by atoms with Crippen LogP contribution < -0.4 is 5.32 Å². The summed E-state index contributed by atoms with van der Waals surface area (Å²) in [5, 5.41) is 3.65. The smallest absolute Gasteiger partial charge is 0.150 e. The summed E-state index contributed by atoms with van der Waals surface area (Å²) in [7, 11) is 1.62. The maximum Gasteiger partial charge on any atom is 0.150 e.